The zero-order valence-electron chi connectivity index (χ0n) is 15.2. The number of methoxy groups -OCH3 is 2. The van der Waals surface area contributed by atoms with E-state index in [4.69, 9.17) is 9.47 Å². The van der Waals surface area contributed by atoms with Crippen LogP contribution in [0.25, 0.3) is 6.08 Å². The Labute approximate surface area is 156 Å². The Kier molecular flexibility index (Phi) is 7.16. The number of halogens is 2. The van der Waals surface area contributed by atoms with E-state index in [-0.39, 0.29) is 17.7 Å². The number of ether oxygens (including phenoxy) is 3. The van der Waals surface area contributed by atoms with Gasteiger partial charge in [0, 0.05) is 17.2 Å². The zero-order valence-corrected chi connectivity index (χ0v) is 15.2. The molecule has 0 aromatic heterocycles. The van der Waals surface area contributed by atoms with E-state index in [1.54, 1.807) is 57.5 Å². The molecule has 0 radical (unpaired) electrons. The predicted molar refractivity (Wildman–Crippen MR) is 98.2 cm³/mol. The second-order valence-corrected chi connectivity index (χ2v) is 5.59. The SMILES string of the molecule is COc1ccc(OC)c(C(C)NC(=O)/C=C/c2ccccc2OC(F)F)c1. The molecule has 0 fully saturated rings. The summed E-state index contributed by atoms with van der Waals surface area (Å²) in [5.41, 5.74) is 1.12. The van der Waals surface area contributed by atoms with E-state index in [0.717, 1.165) is 5.56 Å². The Morgan fingerprint density at radius 2 is 1.81 bits per heavy atom. The van der Waals surface area contributed by atoms with Crippen LogP contribution in [0.15, 0.2) is 48.5 Å². The van der Waals surface area contributed by atoms with E-state index in [1.165, 1.54) is 18.2 Å². The Morgan fingerprint density at radius 1 is 1.07 bits per heavy atom. The van der Waals surface area contributed by atoms with Crippen molar-refractivity contribution in [2.45, 2.75) is 19.6 Å². The average Bonchev–Trinajstić information content (AvgIpc) is 2.66. The first-order valence-electron chi connectivity index (χ1n) is 8.19. The highest BCUT2D eigenvalue weighted by Crippen LogP contribution is 2.29. The highest BCUT2D eigenvalue weighted by molar-refractivity contribution is 5.92. The van der Waals surface area contributed by atoms with Gasteiger partial charge in [-0.25, -0.2) is 0 Å². The molecule has 2 aromatic rings. The summed E-state index contributed by atoms with van der Waals surface area (Å²) in [6.07, 6.45) is 2.68. The quantitative estimate of drug-likeness (QED) is 0.701. The van der Waals surface area contributed by atoms with E-state index in [2.05, 4.69) is 10.1 Å². The lowest BCUT2D eigenvalue weighted by Gasteiger charge is -2.17. The normalized spacial score (nSPS) is 12.1. The number of rotatable bonds is 8. The minimum absolute atomic E-state index is 0.000867. The summed E-state index contributed by atoms with van der Waals surface area (Å²) < 4.78 is 39.8. The van der Waals surface area contributed by atoms with Crippen LogP contribution in [0, 0.1) is 0 Å². The molecule has 0 saturated heterocycles. The first kappa shape index (κ1) is 20.2. The molecular formula is C20H21F2NO4. The average molecular weight is 377 g/mol. The standard InChI is InChI=1S/C20H21F2NO4/c1-13(16-12-15(25-2)9-10-18(16)26-3)23-19(24)11-8-14-6-4-5-7-17(14)27-20(21)22/h4-13,20H,1-3H3,(H,23,24)/b11-8+. The van der Waals surface area contributed by atoms with Crippen molar-refractivity contribution in [3.05, 3.63) is 59.7 Å². The number of alkyl halides is 2. The van der Waals surface area contributed by atoms with Crippen molar-refractivity contribution >= 4 is 12.0 Å². The molecule has 0 spiro atoms. The summed E-state index contributed by atoms with van der Waals surface area (Å²) in [7, 11) is 3.09. The fourth-order valence-corrected chi connectivity index (χ4v) is 2.50. The topological polar surface area (TPSA) is 56.8 Å². The lowest BCUT2D eigenvalue weighted by molar-refractivity contribution is -0.117. The van der Waals surface area contributed by atoms with Gasteiger partial charge in [-0.1, -0.05) is 18.2 Å². The molecule has 27 heavy (non-hydrogen) atoms. The molecule has 0 bridgehead atoms. The molecule has 0 aliphatic rings. The van der Waals surface area contributed by atoms with Crippen LogP contribution in [-0.4, -0.2) is 26.7 Å². The lowest BCUT2D eigenvalue weighted by Crippen LogP contribution is -2.25. The summed E-state index contributed by atoms with van der Waals surface area (Å²) in [5, 5.41) is 2.80. The van der Waals surface area contributed by atoms with Gasteiger partial charge in [0.15, 0.2) is 0 Å². The Bertz CT molecular complexity index is 808. The smallest absolute Gasteiger partial charge is 0.387 e. The molecule has 0 saturated carbocycles. The Hall–Kier alpha value is -3.09. The van der Waals surface area contributed by atoms with Gasteiger partial charge in [0.05, 0.1) is 20.3 Å². The Balaban J connectivity index is 2.11. The molecule has 1 unspecified atom stereocenters. The molecule has 7 heteroatoms. The number of hydrogen-bond donors (Lipinski definition) is 1. The van der Waals surface area contributed by atoms with E-state index >= 15 is 0 Å². The van der Waals surface area contributed by atoms with Crippen molar-refractivity contribution in [2.75, 3.05) is 14.2 Å². The largest absolute Gasteiger partial charge is 0.497 e. The number of para-hydroxylation sites is 1. The van der Waals surface area contributed by atoms with Crippen molar-refractivity contribution in [2.24, 2.45) is 0 Å². The summed E-state index contributed by atoms with van der Waals surface area (Å²) in [5.74, 6) is 0.863. The molecular weight excluding hydrogens is 356 g/mol. The van der Waals surface area contributed by atoms with Crippen LogP contribution in [-0.2, 0) is 4.79 Å². The van der Waals surface area contributed by atoms with Gasteiger partial charge in [0.2, 0.25) is 5.91 Å². The van der Waals surface area contributed by atoms with E-state index in [0.29, 0.717) is 17.1 Å². The number of carbonyl (C=O) groups is 1. The molecule has 2 rings (SSSR count). The second kappa shape index (κ2) is 9.56. The van der Waals surface area contributed by atoms with Gasteiger partial charge in [0.1, 0.15) is 17.2 Å². The summed E-state index contributed by atoms with van der Waals surface area (Å²) in [4.78, 5) is 12.2. The number of benzene rings is 2. The first-order valence-corrected chi connectivity index (χ1v) is 8.19. The third kappa shape index (κ3) is 5.70. The third-order valence-electron chi connectivity index (χ3n) is 3.81. The van der Waals surface area contributed by atoms with Gasteiger partial charge in [-0.2, -0.15) is 8.78 Å². The highest BCUT2D eigenvalue weighted by Gasteiger charge is 2.14. The minimum Gasteiger partial charge on any atom is -0.497 e. The molecule has 1 amide bonds. The van der Waals surface area contributed by atoms with Crippen molar-refractivity contribution in [1.29, 1.82) is 0 Å². The molecule has 1 N–H and O–H groups in total. The summed E-state index contributed by atoms with van der Waals surface area (Å²) in [6.45, 7) is -1.13. The predicted octanol–water partition coefficient (Wildman–Crippen LogP) is 4.20. The van der Waals surface area contributed by atoms with Gasteiger partial charge >= 0.3 is 6.61 Å². The van der Waals surface area contributed by atoms with Crippen molar-refractivity contribution in [1.82, 2.24) is 5.32 Å². The maximum absolute atomic E-state index is 12.4. The molecule has 5 nitrogen and oxygen atoms in total. The molecule has 144 valence electrons. The molecule has 0 aliphatic carbocycles. The zero-order chi connectivity index (χ0) is 19.8. The Morgan fingerprint density at radius 3 is 2.48 bits per heavy atom. The van der Waals surface area contributed by atoms with E-state index in [9.17, 15) is 13.6 Å². The van der Waals surface area contributed by atoms with E-state index in [1.807, 2.05) is 0 Å². The van der Waals surface area contributed by atoms with Crippen LogP contribution >= 0.6 is 0 Å². The first-order chi connectivity index (χ1) is 12.9. The monoisotopic (exact) mass is 377 g/mol. The second-order valence-electron chi connectivity index (χ2n) is 5.59. The van der Waals surface area contributed by atoms with Crippen molar-refractivity contribution < 1.29 is 27.8 Å². The maximum atomic E-state index is 12.4. The molecule has 1 atom stereocenters. The number of amides is 1. The molecule has 0 aliphatic heterocycles. The fraction of sp³-hybridized carbons (Fsp3) is 0.250. The number of hydrogen-bond acceptors (Lipinski definition) is 4. The van der Waals surface area contributed by atoms with Gasteiger partial charge in [-0.3, -0.25) is 4.79 Å². The maximum Gasteiger partial charge on any atom is 0.387 e. The van der Waals surface area contributed by atoms with Crippen molar-refractivity contribution in [3.63, 3.8) is 0 Å². The minimum atomic E-state index is -2.94. The fourth-order valence-electron chi connectivity index (χ4n) is 2.50. The highest BCUT2D eigenvalue weighted by atomic mass is 19.3. The van der Waals surface area contributed by atoms with Crippen LogP contribution < -0.4 is 19.5 Å². The molecule has 2 aromatic carbocycles. The van der Waals surface area contributed by atoms with Crippen LogP contribution in [0.4, 0.5) is 8.78 Å². The van der Waals surface area contributed by atoms with Crippen LogP contribution in [0.2, 0.25) is 0 Å². The summed E-state index contributed by atoms with van der Waals surface area (Å²) in [6, 6.07) is 11.2. The summed E-state index contributed by atoms with van der Waals surface area (Å²) >= 11 is 0. The lowest BCUT2D eigenvalue weighted by atomic mass is 10.1. The van der Waals surface area contributed by atoms with Gasteiger partial charge < -0.3 is 19.5 Å². The third-order valence-corrected chi connectivity index (χ3v) is 3.81. The number of nitrogens with one attached hydrogen (secondary N) is 1. The molecule has 0 heterocycles. The number of carbonyl (C=O) groups excluding carboxylic acids is 1. The van der Waals surface area contributed by atoms with Crippen LogP contribution in [0.1, 0.15) is 24.1 Å². The van der Waals surface area contributed by atoms with E-state index < -0.39 is 6.61 Å². The van der Waals surface area contributed by atoms with Gasteiger partial charge in [0.25, 0.3) is 0 Å². The van der Waals surface area contributed by atoms with Crippen molar-refractivity contribution in [3.8, 4) is 17.2 Å². The van der Waals surface area contributed by atoms with Gasteiger partial charge in [-0.15, -0.1) is 0 Å². The van der Waals surface area contributed by atoms with Crippen LogP contribution in [0.3, 0.4) is 0 Å². The van der Waals surface area contributed by atoms with Crippen LogP contribution in [0.5, 0.6) is 17.2 Å². The van der Waals surface area contributed by atoms with Gasteiger partial charge in [-0.05, 0) is 37.3 Å².